The quantitative estimate of drug-likeness (QED) is 0.708. The Kier molecular flexibility index (Phi) is 5.25. The average Bonchev–Trinajstić information content (AvgIpc) is 2.65. The maximum absolute atomic E-state index is 13.2. The van der Waals surface area contributed by atoms with Crippen LogP contribution in [0.4, 0.5) is 26.1 Å². The van der Waals surface area contributed by atoms with Crippen LogP contribution in [0.25, 0.3) is 0 Å². The van der Waals surface area contributed by atoms with E-state index in [2.05, 4.69) is 20.6 Å². The van der Waals surface area contributed by atoms with Gasteiger partial charge in [0.05, 0.1) is 18.4 Å². The third-order valence-electron chi connectivity index (χ3n) is 3.69. The van der Waals surface area contributed by atoms with Gasteiger partial charge in [0.1, 0.15) is 5.75 Å². The van der Waals surface area contributed by atoms with Gasteiger partial charge in [0, 0.05) is 24.1 Å². The highest BCUT2D eigenvalue weighted by atomic mass is 19.2. The molecule has 0 saturated heterocycles. The maximum Gasteiger partial charge on any atom is 0.258 e. The van der Waals surface area contributed by atoms with Gasteiger partial charge in [0.25, 0.3) is 5.91 Å². The highest BCUT2D eigenvalue weighted by Crippen LogP contribution is 2.27. The smallest absolute Gasteiger partial charge is 0.258 e. The molecular formula is C19H16F2N4O2. The van der Waals surface area contributed by atoms with Gasteiger partial charge >= 0.3 is 0 Å². The fourth-order valence-corrected chi connectivity index (χ4v) is 2.33. The number of carbonyl (C=O) groups is 1. The first-order valence-corrected chi connectivity index (χ1v) is 7.96. The van der Waals surface area contributed by atoms with Gasteiger partial charge in [-0.25, -0.2) is 18.7 Å². The summed E-state index contributed by atoms with van der Waals surface area (Å²) >= 11 is 0. The molecule has 0 fully saturated rings. The molecule has 0 radical (unpaired) electrons. The van der Waals surface area contributed by atoms with Crippen LogP contribution in [0.15, 0.2) is 48.8 Å². The van der Waals surface area contributed by atoms with Gasteiger partial charge in [0.2, 0.25) is 5.95 Å². The highest BCUT2D eigenvalue weighted by Gasteiger charge is 2.11. The number of nitrogens with one attached hydrogen (secondary N) is 2. The van der Waals surface area contributed by atoms with Crippen molar-refractivity contribution >= 4 is 23.2 Å². The molecule has 1 amide bonds. The number of hydrogen-bond donors (Lipinski definition) is 2. The van der Waals surface area contributed by atoms with Crippen LogP contribution >= 0.6 is 0 Å². The lowest BCUT2D eigenvalue weighted by molar-refractivity contribution is 0.102. The minimum absolute atomic E-state index is 0.130. The van der Waals surface area contributed by atoms with Gasteiger partial charge in [-0.3, -0.25) is 4.79 Å². The predicted octanol–water partition coefficient (Wildman–Crippen LogP) is 4.07. The number of hydrogen-bond acceptors (Lipinski definition) is 5. The first-order chi connectivity index (χ1) is 13.0. The Bertz CT molecular complexity index is 978. The number of rotatable bonds is 5. The summed E-state index contributed by atoms with van der Waals surface area (Å²) in [4.78, 5) is 20.4. The van der Waals surface area contributed by atoms with Gasteiger partial charge in [-0.2, -0.15) is 0 Å². The normalized spacial score (nSPS) is 10.4. The minimum atomic E-state index is -1.05. The molecule has 0 aliphatic carbocycles. The lowest BCUT2D eigenvalue weighted by atomic mass is 10.2. The van der Waals surface area contributed by atoms with Crippen LogP contribution < -0.4 is 15.4 Å². The van der Waals surface area contributed by atoms with E-state index in [1.807, 2.05) is 25.1 Å². The van der Waals surface area contributed by atoms with Crippen LogP contribution in [0.3, 0.4) is 0 Å². The molecule has 2 N–H and O–H groups in total. The van der Waals surface area contributed by atoms with Crippen LogP contribution in [0, 0.1) is 18.6 Å². The average molecular weight is 370 g/mol. The summed E-state index contributed by atoms with van der Waals surface area (Å²) in [6.45, 7) is 1.94. The highest BCUT2D eigenvalue weighted by molar-refractivity contribution is 6.03. The van der Waals surface area contributed by atoms with E-state index in [0.717, 1.165) is 17.7 Å². The van der Waals surface area contributed by atoms with E-state index in [-0.39, 0.29) is 17.2 Å². The molecule has 1 heterocycles. The van der Waals surface area contributed by atoms with Gasteiger partial charge in [-0.05, 0) is 36.8 Å². The number of nitrogens with zero attached hydrogens (tertiary/aromatic N) is 2. The molecular weight excluding hydrogens is 354 g/mol. The minimum Gasteiger partial charge on any atom is -0.495 e. The Balaban J connectivity index is 1.72. The third kappa shape index (κ3) is 4.35. The second-order valence-electron chi connectivity index (χ2n) is 5.71. The van der Waals surface area contributed by atoms with Crippen molar-refractivity contribution in [1.29, 1.82) is 0 Å². The van der Waals surface area contributed by atoms with E-state index in [0.29, 0.717) is 11.4 Å². The van der Waals surface area contributed by atoms with E-state index >= 15 is 0 Å². The predicted molar refractivity (Wildman–Crippen MR) is 97.4 cm³/mol. The molecule has 3 aromatic rings. The van der Waals surface area contributed by atoms with E-state index in [1.54, 1.807) is 7.11 Å². The number of carbonyl (C=O) groups excluding carboxylic acids is 1. The molecule has 1 aromatic heterocycles. The first-order valence-electron chi connectivity index (χ1n) is 7.96. The van der Waals surface area contributed by atoms with Crippen molar-refractivity contribution in [1.82, 2.24) is 9.97 Å². The summed E-state index contributed by atoms with van der Waals surface area (Å²) in [5, 5.41) is 5.48. The Morgan fingerprint density at radius 2 is 1.78 bits per heavy atom. The van der Waals surface area contributed by atoms with Crippen molar-refractivity contribution in [3.8, 4) is 5.75 Å². The van der Waals surface area contributed by atoms with Crippen molar-refractivity contribution in [3.05, 3.63) is 71.6 Å². The van der Waals surface area contributed by atoms with Crippen molar-refractivity contribution in [2.45, 2.75) is 6.92 Å². The van der Waals surface area contributed by atoms with E-state index in [4.69, 9.17) is 4.74 Å². The van der Waals surface area contributed by atoms with Crippen molar-refractivity contribution in [2.75, 3.05) is 17.7 Å². The zero-order valence-corrected chi connectivity index (χ0v) is 14.6. The van der Waals surface area contributed by atoms with Crippen molar-refractivity contribution in [3.63, 3.8) is 0 Å². The number of ether oxygens (including phenoxy) is 1. The van der Waals surface area contributed by atoms with Crippen molar-refractivity contribution < 1.29 is 18.3 Å². The van der Waals surface area contributed by atoms with E-state index in [9.17, 15) is 13.6 Å². The Morgan fingerprint density at radius 1 is 1.04 bits per heavy atom. The molecule has 6 nitrogen and oxygen atoms in total. The molecule has 0 saturated carbocycles. The van der Waals surface area contributed by atoms with E-state index < -0.39 is 17.5 Å². The molecule has 0 aliphatic rings. The molecule has 3 rings (SSSR count). The summed E-state index contributed by atoms with van der Waals surface area (Å²) in [6, 6.07) is 8.71. The van der Waals surface area contributed by atoms with Gasteiger partial charge in [-0.1, -0.05) is 6.07 Å². The standard InChI is InChI=1S/C19H16F2N4O2/c1-11-3-6-17(27-2)16(7-11)25-19-22-9-12(10-23-19)18(26)24-13-4-5-14(20)15(21)8-13/h3-10H,1-2H3,(H,24,26)(H,22,23,25). The second-order valence-corrected chi connectivity index (χ2v) is 5.71. The topological polar surface area (TPSA) is 76.1 Å². The SMILES string of the molecule is COc1ccc(C)cc1Nc1ncc(C(=O)Nc2ccc(F)c(F)c2)cn1. The lowest BCUT2D eigenvalue weighted by Crippen LogP contribution is -2.13. The van der Waals surface area contributed by atoms with Gasteiger partial charge in [0.15, 0.2) is 11.6 Å². The number of aryl methyl sites for hydroxylation is 1. The number of benzene rings is 2. The second kappa shape index (κ2) is 7.77. The Hall–Kier alpha value is -3.55. The Labute approximate surface area is 154 Å². The molecule has 0 spiro atoms. The number of amides is 1. The van der Waals surface area contributed by atoms with Crippen LogP contribution in [0.5, 0.6) is 5.75 Å². The number of halogens is 2. The third-order valence-corrected chi connectivity index (χ3v) is 3.69. The fraction of sp³-hybridized carbons (Fsp3) is 0.105. The van der Waals surface area contributed by atoms with Crippen LogP contribution in [0.1, 0.15) is 15.9 Å². The van der Waals surface area contributed by atoms with Crippen molar-refractivity contribution in [2.24, 2.45) is 0 Å². The number of anilines is 3. The van der Waals surface area contributed by atoms with E-state index in [1.165, 1.54) is 18.5 Å². The molecule has 0 aliphatic heterocycles. The summed E-state index contributed by atoms with van der Waals surface area (Å²) in [7, 11) is 1.56. The molecule has 0 bridgehead atoms. The fourth-order valence-electron chi connectivity index (χ4n) is 2.33. The number of aromatic nitrogens is 2. The zero-order valence-electron chi connectivity index (χ0n) is 14.6. The summed E-state index contributed by atoms with van der Waals surface area (Å²) in [5.74, 6) is -1.66. The maximum atomic E-state index is 13.2. The lowest BCUT2D eigenvalue weighted by Gasteiger charge is -2.11. The monoisotopic (exact) mass is 370 g/mol. The molecule has 0 atom stereocenters. The Morgan fingerprint density at radius 3 is 2.44 bits per heavy atom. The zero-order chi connectivity index (χ0) is 19.4. The summed E-state index contributed by atoms with van der Waals surface area (Å²) in [5.41, 5.74) is 2.02. The molecule has 0 unspecified atom stereocenters. The number of methoxy groups -OCH3 is 1. The molecule has 2 aromatic carbocycles. The van der Waals surface area contributed by atoms with Gasteiger partial charge < -0.3 is 15.4 Å². The van der Waals surface area contributed by atoms with Crippen LogP contribution in [-0.4, -0.2) is 23.0 Å². The largest absolute Gasteiger partial charge is 0.495 e. The molecule has 27 heavy (non-hydrogen) atoms. The van der Waals surface area contributed by atoms with Gasteiger partial charge in [-0.15, -0.1) is 0 Å². The summed E-state index contributed by atoms with van der Waals surface area (Å²) in [6.07, 6.45) is 2.65. The molecule has 138 valence electrons. The molecule has 8 heteroatoms. The summed E-state index contributed by atoms with van der Waals surface area (Å²) < 4.78 is 31.4. The van der Waals surface area contributed by atoms with Crippen LogP contribution in [0.2, 0.25) is 0 Å². The van der Waals surface area contributed by atoms with Crippen LogP contribution in [-0.2, 0) is 0 Å². The first kappa shape index (κ1) is 18.2.